The van der Waals surface area contributed by atoms with Gasteiger partial charge in [-0.05, 0) is 0 Å². The van der Waals surface area contributed by atoms with E-state index in [1.807, 2.05) is 0 Å². The Bertz CT molecular complexity index is 79.2. The molecule has 0 fully saturated rings. The number of halogens is 1. The second kappa shape index (κ2) is 1.95. The Kier molecular flexibility index (Phi) is 2.17. The van der Waals surface area contributed by atoms with Crippen LogP contribution >= 0.6 is 20.8 Å². The van der Waals surface area contributed by atoms with Gasteiger partial charge in [0.05, 0.1) is 0 Å². The zero-order valence-corrected chi connectivity index (χ0v) is 8.88. The Balaban J connectivity index is 4.14. The summed E-state index contributed by atoms with van der Waals surface area (Å²) in [5.41, 5.74) is 0.793. The second-order valence-electron chi connectivity index (χ2n) is 3.81. The molecule has 0 radical (unpaired) electrons. The number of hydrogen-bond donors (Lipinski definition) is 0. The summed E-state index contributed by atoms with van der Waals surface area (Å²) >= 11 is 3.78. The molecule has 0 aliphatic rings. The summed E-state index contributed by atoms with van der Waals surface area (Å²) in [5, 5.41) is -1.37. The third kappa shape index (κ3) is 3.04. The molecule has 0 rings (SSSR count). The van der Waals surface area contributed by atoms with Crippen molar-refractivity contribution in [2.45, 2.75) is 19.5 Å². The Hall–Kier alpha value is 0.910. The minimum absolute atomic E-state index is 0.793. The van der Waals surface area contributed by atoms with Gasteiger partial charge in [0.2, 0.25) is 0 Å². The molecule has 0 aliphatic heterocycles. The van der Waals surface area contributed by atoms with Crippen molar-refractivity contribution >= 4 is 20.8 Å². The molecular formula is C6H16BrP. The first kappa shape index (κ1) is 8.91. The Morgan fingerprint density at radius 1 is 1.12 bits per heavy atom. The molecule has 0 nitrogen and oxygen atoms in total. The first-order chi connectivity index (χ1) is 3.20. The number of hydrogen-bond acceptors (Lipinski definition) is 0. The van der Waals surface area contributed by atoms with E-state index < -0.39 is 5.31 Å². The van der Waals surface area contributed by atoms with Gasteiger partial charge in [-0.1, -0.05) is 0 Å². The van der Waals surface area contributed by atoms with Crippen LogP contribution in [-0.2, 0) is 0 Å². The monoisotopic (exact) mass is 198 g/mol. The molecule has 0 aromatic heterocycles. The van der Waals surface area contributed by atoms with Gasteiger partial charge in [0.1, 0.15) is 0 Å². The van der Waals surface area contributed by atoms with E-state index >= 15 is 0 Å². The summed E-state index contributed by atoms with van der Waals surface area (Å²) in [6, 6.07) is 0. The molecule has 0 amide bonds. The van der Waals surface area contributed by atoms with Gasteiger partial charge in [-0.2, -0.15) is 0 Å². The van der Waals surface area contributed by atoms with Crippen molar-refractivity contribution in [3.05, 3.63) is 0 Å². The van der Waals surface area contributed by atoms with Crippen LogP contribution in [-0.4, -0.2) is 25.7 Å². The Morgan fingerprint density at radius 2 is 1.25 bits per heavy atom. The molecule has 0 saturated heterocycles. The van der Waals surface area contributed by atoms with Crippen molar-refractivity contribution < 1.29 is 0 Å². The van der Waals surface area contributed by atoms with Crippen molar-refractivity contribution in [3.63, 3.8) is 0 Å². The topological polar surface area (TPSA) is 0 Å². The van der Waals surface area contributed by atoms with E-state index in [1.54, 1.807) is 0 Å². The third-order valence-electron chi connectivity index (χ3n) is 1.74. The molecule has 0 bridgehead atoms. The van der Waals surface area contributed by atoms with E-state index in [1.165, 1.54) is 0 Å². The fraction of sp³-hybridized carbons (Fsp3) is 1.00. The molecule has 0 unspecified atom stereocenters. The van der Waals surface area contributed by atoms with Crippen LogP contribution in [0.5, 0.6) is 0 Å². The molecule has 0 atom stereocenters. The average molecular weight is 199 g/mol. The molecule has 0 heterocycles. The second-order valence-corrected chi connectivity index (χ2v) is 17.9. The molecule has 8 heavy (non-hydrogen) atoms. The van der Waals surface area contributed by atoms with E-state index in [-0.39, 0.29) is 0 Å². The predicted octanol–water partition coefficient (Wildman–Crippen LogP) is 3.15. The Morgan fingerprint density at radius 3 is 1.25 bits per heavy atom. The summed E-state index contributed by atoms with van der Waals surface area (Å²) in [7, 11) is 0. The van der Waals surface area contributed by atoms with Crippen molar-refractivity contribution in [2.75, 3.05) is 20.0 Å². The van der Waals surface area contributed by atoms with Crippen LogP contribution in [0.3, 0.4) is 0 Å². The molecule has 52 valence electrons. The molecular weight excluding hydrogens is 183 g/mol. The van der Waals surface area contributed by atoms with Gasteiger partial charge in [0, 0.05) is 0 Å². The van der Waals surface area contributed by atoms with Crippen LogP contribution in [0, 0.1) is 0 Å². The SMILES string of the molecule is CC(C)P(C)(C)(C)Br. The molecule has 0 spiro atoms. The molecule has 2 heteroatoms. The summed E-state index contributed by atoms with van der Waals surface area (Å²) in [6.45, 7) is 11.5. The Labute approximate surface area is 60.7 Å². The zero-order valence-electron chi connectivity index (χ0n) is 6.40. The van der Waals surface area contributed by atoms with Gasteiger partial charge < -0.3 is 0 Å². The van der Waals surface area contributed by atoms with Gasteiger partial charge in [0.25, 0.3) is 0 Å². The van der Waals surface area contributed by atoms with Crippen LogP contribution in [0.15, 0.2) is 0 Å². The van der Waals surface area contributed by atoms with Crippen molar-refractivity contribution in [3.8, 4) is 0 Å². The van der Waals surface area contributed by atoms with E-state index in [0.29, 0.717) is 0 Å². The third-order valence-corrected chi connectivity index (χ3v) is 7.69. The first-order valence-corrected chi connectivity index (χ1v) is 8.59. The summed E-state index contributed by atoms with van der Waals surface area (Å²) in [5.74, 6) is 0. The predicted molar refractivity (Wildman–Crippen MR) is 48.8 cm³/mol. The van der Waals surface area contributed by atoms with Gasteiger partial charge >= 0.3 is 60.3 Å². The van der Waals surface area contributed by atoms with E-state index in [9.17, 15) is 0 Å². The maximum atomic E-state index is 3.78. The van der Waals surface area contributed by atoms with Crippen LogP contribution in [0.4, 0.5) is 0 Å². The van der Waals surface area contributed by atoms with Gasteiger partial charge in [-0.3, -0.25) is 0 Å². The van der Waals surface area contributed by atoms with Crippen LogP contribution in [0.1, 0.15) is 13.8 Å². The van der Waals surface area contributed by atoms with Crippen LogP contribution < -0.4 is 0 Å². The van der Waals surface area contributed by atoms with Gasteiger partial charge in [-0.15, -0.1) is 0 Å². The molecule has 0 N–H and O–H groups in total. The minimum atomic E-state index is -1.37. The first-order valence-electron chi connectivity index (χ1n) is 2.92. The standard InChI is InChI=1S/C6H16BrP/c1-6(2)8(3,4,5)7/h6H,1-5H3. The van der Waals surface area contributed by atoms with Crippen LogP contribution in [0.25, 0.3) is 0 Å². The fourth-order valence-electron chi connectivity index (χ4n) is 0. The summed E-state index contributed by atoms with van der Waals surface area (Å²) in [4.78, 5) is 0. The van der Waals surface area contributed by atoms with E-state index in [0.717, 1.165) is 5.66 Å². The van der Waals surface area contributed by atoms with Crippen molar-refractivity contribution in [1.82, 2.24) is 0 Å². The van der Waals surface area contributed by atoms with E-state index in [2.05, 4.69) is 49.3 Å². The summed E-state index contributed by atoms with van der Waals surface area (Å²) < 4.78 is 0. The average Bonchev–Trinajstić information content (AvgIpc) is 1.27. The normalized spacial score (nSPS) is 18.1. The molecule has 0 aromatic rings. The van der Waals surface area contributed by atoms with Gasteiger partial charge in [0.15, 0.2) is 0 Å². The number of rotatable bonds is 1. The quantitative estimate of drug-likeness (QED) is 0.569. The molecule has 0 aromatic carbocycles. The molecule has 0 saturated carbocycles. The zero-order chi connectivity index (χ0) is 7.02. The van der Waals surface area contributed by atoms with Crippen molar-refractivity contribution in [2.24, 2.45) is 0 Å². The molecule has 0 aliphatic carbocycles. The van der Waals surface area contributed by atoms with Gasteiger partial charge in [-0.25, -0.2) is 0 Å². The van der Waals surface area contributed by atoms with E-state index in [4.69, 9.17) is 0 Å². The maximum absolute atomic E-state index is 3.78. The fourth-order valence-corrected chi connectivity index (χ4v) is 0. The van der Waals surface area contributed by atoms with Crippen LogP contribution in [0.2, 0.25) is 0 Å². The summed E-state index contributed by atoms with van der Waals surface area (Å²) in [6.07, 6.45) is 0. The van der Waals surface area contributed by atoms with Crippen molar-refractivity contribution in [1.29, 1.82) is 0 Å².